The summed E-state index contributed by atoms with van der Waals surface area (Å²) < 4.78 is 5.80. The monoisotopic (exact) mass is 376 g/mol. The van der Waals surface area contributed by atoms with Gasteiger partial charge in [-0.3, -0.25) is 4.79 Å². The van der Waals surface area contributed by atoms with E-state index in [0.29, 0.717) is 12.8 Å². The smallest absolute Gasteiger partial charge is 0.331 e. The molecule has 1 aliphatic rings. The lowest BCUT2D eigenvalue weighted by Gasteiger charge is -2.21. The number of hydrogen-bond acceptors (Lipinski definition) is 4. The van der Waals surface area contributed by atoms with Crippen LogP contribution in [-0.4, -0.2) is 24.0 Å². The molecule has 1 N–H and O–H groups in total. The first-order valence-electron chi connectivity index (χ1n) is 7.36. The Morgan fingerprint density at radius 3 is 2.78 bits per heavy atom. The molecule has 5 nitrogen and oxygen atoms in total. The lowest BCUT2D eigenvalue weighted by atomic mass is 10.00. The van der Waals surface area contributed by atoms with Crippen LogP contribution in [0.4, 0.5) is 0 Å². The number of esters is 1. The minimum Gasteiger partial charge on any atom is -0.452 e. The molecule has 120 valence electrons. The zero-order chi connectivity index (χ0) is 16.7. The van der Waals surface area contributed by atoms with Gasteiger partial charge in [-0.25, -0.2) is 4.79 Å². The second-order valence-electron chi connectivity index (χ2n) is 5.45. The van der Waals surface area contributed by atoms with Crippen LogP contribution in [0.3, 0.4) is 0 Å². The second-order valence-corrected chi connectivity index (χ2v) is 6.36. The summed E-state index contributed by atoms with van der Waals surface area (Å²) in [5, 5.41) is 11.9. The van der Waals surface area contributed by atoms with Crippen molar-refractivity contribution in [2.45, 2.75) is 31.2 Å². The molecule has 0 radical (unpaired) electrons. The minimum atomic E-state index is -0.796. The van der Waals surface area contributed by atoms with E-state index in [0.717, 1.165) is 22.9 Å². The number of nitriles is 1. The highest BCUT2D eigenvalue weighted by Gasteiger charge is 2.35. The number of benzene rings is 1. The van der Waals surface area contributed by atoms with Gasteiger partial charge in [0.05, 0.1) is 6.07 Å². The second kappa shape index (κ2) is 7.93. The Labute approximate surface area is 143 Å². The van der Waals surface area contributed by atoms with Crippen molar-refractivity contribution in [2.24, 2.45) is 0 Å². The fraction of sp³-hybridized carbons (Fsp3) is 0.353. The highest BCUT2D eigenvalue weighted by molar-refractivity contribution is 9.10. The molecule has 0 unspecified atom stereocenters. The third kappa shape index (κ3) is 5.22. The van der Waals surface area contributed by atoms with E-state index >= 15 is 0 Å². The van der Waals surface area contributed by atoms with E-state index in [1.807, 2.05) is 24.3 Å². The number of rotatable bonds is 5. The standard InChI is InChI=1S/C17H17BrN2O3/c18-14-5-3-4-13(10-14)6-7-16(22)23-11-15(21)20-17(12-19)8-1-2-9-17/h3-7,10H,1-2,8-9,11H2,(H,20,21)/b7-6+. The van der Waals surface area contributed by atoms with Gasteiger partial charge < -0.3 is 10.1 Å². The minimum absolute atomic E-state index is 0.384. The lowest BCUT2D eigenvalue weighted by Crippen LogP contribution is -2.46. The third-order valence-corrected chi connectivity index (χ3v) is 4.15. The predicted octanol–water partition coefficient (Wildman–Crippen LogP) is 2.96. The summed E-state index contributed by atoms with van der Waals surface area (Å²) >= 11 is 3.34. The number of hydrogen-bond donors (Lipinski definition) is 1. The Kier molecular flexibility index (Phi) is 5.94. The van der Waals surface area contributed by atoms with Crippen molar-refractivity contribution >= 4 is 33.9 Å². The van der Waals surface area contributed by atoms with Gasteiger partial charge in [-0.05, 0) is 49.5 Å². The van der Waals surface area contributed by atoms with Crippen molar-refractivity contribution in [1.82, 2.24) is 5.32 Å². The molecule has 23 heavy (non-hydrogen) atoms. The van der Waals surface area contributed by atoms with Crippen LogP contribution < -0.4 is 5.32 Å². The van der Waals surface area contributed by atoms with E-state index in [2.05, 4.69) is 27.3 Å². The van der Waals surface area contributed by atoms with Crippen LogP contribution in [0, 0.1) is 11.3 Å². The molecule has 2 rings (SSSR count). The van der Waals surface area contributed by atoms with Crippen LogP contribution in [0.15, 0.2) is 34.8 Å². The summed E-state index contributed by atoms with van der Waals surface area (Å²) in [4.78, 5) is 23.4. The van der Waals surface area contributed by atoms with Crippen molar-refractivity contribution in [3.8, 4) is 6.07 Å². The first kappa shape index (κ1) is 17.2. The molecule has 0 atom stereocenters. The fourth-order valence-electron chi connectivity index (χ4n) is 2.51. The van der Waals surface area contributed by atoms with E-state index in [9.17, 15) is 14.9 Å². The largest absolute Gasteiger partial charge is 0.452 e. The van der Waals surface area contributed by atoms with Crippen LogP contribution in [0.2, 0.25) is 0 Å². The SMILES string of the molecule is N#CC1(NC(=O)COC(=O)/C=C/c2cccc(Br)c2)CCCC1. The Hall–Kier alpha value is -2.13. The summed E-state index contributed by atoms with van der Waals surface area (Å²) in [6.45, 7) is -0.384. The van der Waals surface area contributed by atoms with Gasteiger partial charge in [0.2, 0.25) is 0 Å². The Morgan fingerprint density at radius 1 is 1.39 bits per heavy atom. The van der Waals surface area contributed by atoms with E-state index in [1.165, 1.54) is 6.08 Å². The van der Waals surface area contributed by atoms with Gasteiger partial charge in [-0.15, -0.1) is 0 Å². The molecule has 0 aromatic heterocycles. The van der Waals surface area contributed by atoms with E-state index in [-0.39, 0.29) is 6.61 Å². The molecule has 0 aliphatic heterocycles. The summed E-state index contributed by atoms with van der Waals surface area (Å²) in [5.74, 6) is -1.05. The van der Waals surface area contributed by atoms with Crippen LogP contribution >= 0.6 is 15.9 Å². The molecule has 1 saturated carbocycles. The van der Waals surface area contributed by atoms with Crippen LogP contribution in [0.5, 0.6) is 0 Å². The van der Waals surface area contributed by atoms with Crippen molar-refractivity contribution in [3.05, 3.63) is 40.4 Å². The van der Waals surface area contributed by atoms with Gasteiger partial charge in [-0.1, -0.05) is 28.1 Å². The van der Waals surface area contributed by atoms with Crippen molar-refractivity contribution in [1.29, 1.82) is 5.26 Å². The summed E-state index contributed by atoms with van der Waals surface area (Å²) in [5.41, 5.74) is 0.0468. The molecule has 0 bridgehead atoms. The molecule has 0 heterocycles. The maximum Gasteiger partial charge on any atom is 0.331 e. The first-order chi connectivity index (χ1) is 11.0. The normalized spacial score (nSPS) is 16.0. The number of amides is 1. The summed E-state index contributed by atoms with van der Waals surface area (Å²) in [6, 6.07) is 9.59. The highest BCUT2D eigenvalue weighted by Crippen LogP contribution is 2.28. The molecule has 1 aromatic carbocycles. The molecular formula is C17H17BrN2O3. The van der Waals surface area contributed by atoms with Gasteiger partial charge >= 0.3 is 5.97 Å². The summed E-state index contributed by atoms with van der Waals surface area (Å²) in [7, 11) is 0. The van der Waals surface area contributed by atoms with E-state index < -0.39 is 17.4 Å². The average Bonchev–Trinajstić information content (AvgIpc) is 3.00. The third-order valence-electron chi connectivity index (χ3n) is 3.66. The van der Waals surface area contributed by atoms with Gasteiger partial charge in [0, 0.05) is 10.5 Å². The van der Waals surface area contributed by atoms with Gasteiger partial charge in [-0.2, -0.15) is 5.26 Å². The number of carbonyl (C=O) groups excluding carboxylic acids is 2. The summed E-state index contributed by atoms with van der Waals surface area (Å²) in [6.07, 6.45) is 6.01. The molecule has 0 saturated heterocycles. The Morgan fingerprint density at radius 2 is 2.13 bits per heavy atom. The van der Waals surface area contributed by atoms with Crippen molar-refractivity contribution in [2.75, 3.05) is 6.61 Å². The van der Waals surface area contributed by atoms with Crippen LogP contribution in [-0.2, 0) is 14.3 Å². The highest BCUT2D eigenvalue weighted by atomic mass is 79.9. The number of halogens is 1. The molecule has 1 aliphatic carbocycles. The number of nitrogens with one attached hydrogen (secondary N) is 1. The van der Waals surface area contributed by atoms with Crippen LogP contribution in [0.1, 0.15) is 31.2 Å². The number of ether oxygens (including phenoxy) is 1. The molecular weight excluding hydrogens is 360 g/mol. The zero-order valence-electron chi connectivity index (χ0n) is 12.5. The lowest BCUT2D eigenvalue weighted by molar-refractivity contribution is -0.144. The molecule has 0 spiro atoms. The molecule has 1 aromatic rings. The van der Waals surface area contributed by atoms with Gasteiger partial charge in [0.1, 0.15) is 5.54 Å². The van der Waals surface area contributed by atoms with E-state index in [4.69, 9.17) is 4.74 Å². The maximum atomic E-state index is 11.8. The van der Waals surface area contributed by atoms with Crippen molar-refractivity contribution in [3.63, 3.8) is 0 Å². The average molecular weight is 377 g/mol. The maximum absolute atomic E-state index is 11.8. The topological polar surface area (TPSA) is 79.2 Å². The number of nitrogens with zero attached hydrogens (tertiary/aromatic N) is 1. The zero-order valence-corrected chi connectivity index (χ0v) is 14.1. The van der Waals surface area contributed by atoms with E-state index in [1.54, 1.807) is 6.08 Å². The van der Waals surface area contributed by atoms with Gasteiger partial charge in [0.25, 0.3) is 5.91 Å². The first-order valence-corrected chi connectivity index (χ1v) is 8.15. The quantitative estimate of drug-likeness (QED) is 0.632. The Balaban J connectivity index is 1.80. The fourth-order valence-corrected chi connectivity index (χ4v) is 2.92. The molecule has 1 amide bonds. The van der Waals surface area contributed by atoms with Crippen LogP contribution in [0.25, 0.3) is 6.08 Å². The predicted molar refractivity (Wildman–Crippen MR) is 89.1 cm³/mol. The molecule has 6 heteroatoms. The number of carbonyl (C=O) groups is 2. The van der Waals surface area contributed by atoms with Gasteiger partial charge in [0.15, 0.2) is 6.61 Å². The Bertz CT molecular complexity index is 658. The molecule has 1 fully saturated rings. The van der Waals surface area contributed by atoms with Crippen molar-refractivity contribution < 1.29 is 14.3 Å².